The summed E-state index contributed by atoms with van der Waals surface area (Å²) in [6.45, 7) is 0.613. The molecule has 2 aromatic rings. The fourth-order valence-corrected chi connectivity index (χ4v) is 3.10. The summed E-state index contributed by atoms with van der Waals surface area (Å²) >= 11 is 21.5. The van der Waals surface area contributed by atoms with E-state index in [2.05, 4.69) is 21.2 Å². The van der Waals surface area contributed by atoms with Crippen molar-refractivity contribution in [1.82, 2.24) is 0 Å². The predicted molar refractivity (Wildman–Crippen MR) is 82.9 cm³/mol. The minimum atomic E-state index is 0.580. The average molecular weight is 365 g/mol. The van der Waals surface area contributed by atoms with Gasteiger partial charge in [0.1, 0.15) is 0 Å². The molecule has 0 heterocycles. The summed E-state index contributed by atoms with van der Waals surface area (Å²) in [6.07, 6.45) is 0. The van der Waals surface area contributed by atoms with Gasteiger partial charge in [-0.25, -0.2) is 0 Å². The molecule has 0 aliphatic heterocycles. The highest BCUT2D eigenvalue weighted by molar-refractivity contribution is 9.10. The lowest BCUT2D eigenvalue weighted by molar-refractivity contribution is 1.15. The first-order valence-electron chi connectivity index (χ1n) is 5.19. The van der Waals surface area contributed by atoms with Crippen LogP contribution in [0.2, 0.25) is 15.1 Å². The van der Waals surface area contributed by atoms with Crippen LogP contribution in [0.4, 0.5) is 5.69 Å². The molecule has 0 aromatic heterocycles. The van der Waals surface area contributed by atoms with Gasteiger partial charge in [0.15, 0.2) is 0 Å². The topological polar surface area (TPSA) is 12.0 Å². The number of hydrogen-bond donors (Lipinski definition) is 1. The van der Waals surface area contributed by atoms with Crippen LogP contribution in [0, 0.1) is 0 Å². The highest BCUT2D eigenvalue weighted by Gasteiger charge is 2.07. The number of rotatable bonds is 3. The van der Waals surface area contributed by atoms with E-state index < -0.39 is 0 Å². The summed E-state index contributed by atoms with van der Waals surface area (Å²) < 4.78 is 0.853. The first-order valence-corrected chi connectivity index (χ1v) is 7.12. The maximum absolute atomic E-state index is 6.13. The Morgan fingerprint density at radius 3 is 2.28 bits per heavy atom. The van der Waals surface area contributed by atoms with E-state index in [0.717, 1.165) is 15.7 Å². The van der Waals surface area contributed by atoms with E-state index in [-0.39, 0.29) is 0 Å². The quantitative estimate of drug-likeness (QED) is 0.701. The Bertz CT molecular complexity index is 549. The van der Waals surface area contributed by atoms with Crippen molar-refractivity contribution < 1.29 is 0 Å². The first-order chi connectivity index (χ1) is 8.56. The van der Waals surface area contributed by atoms with Crippen molar-refractivity contribution in [1.29, 1.82) is 0 Å². The standard InChI is InChI=1S/C13H9BrCl3N/c14-9-5-11(16)13(12(17)6-9)18-7-8-2-1-3-10(15)4-8/h1-6,18H,7H2. The number of nitrogens with one attached hydrogen (secondary N) is 1. The van der Waals surface area contributed by atoms with E-state index in [4.69, 9.17) is 34.8 Å². The van der Waals surface area contributed by atoms with Gasteiger partial charge in [-0.2, -0.15) is 0 Å². The molecule has 2 aromatic carbocycles. The third-order valence-electron chi connectivity index (χ3n) is 2.37. The number of anilines is 1. The third kappa shape index (κ3) is 3.55. The Balaban J connectivity index is 2.16. The van der Waals surface area contributed by atoms with Crippen molar-refractivity contribution in [3.8, 4) is 0 Å². The molecule has 0 unspecified atom stereocenters. The van der Waals surface area contributed by atoms with Gasteiger partial charge in [0.25, 0.3) is 0 Å². The van der Waals surface area contributed by atoms with Crippen molar-refractivity contribution in [3.63, 3.8) is 0 Å². The predicted octanol–water partition coefficient (Wildman–Crippen LogP) is 6.02. The van der Waals surface area contributed by atoms with Crippen molar-refractivity contribution in [2.75, 3.05) is 5.32 Å². The van der Waals surface area contributed by atoms with Gasteiger partial charge < -0.3 is 5.32 Å². The molecule has 0 bridgehead atoms. The van der Waals surface area contributed by atoms with Gasteiger partial charge in [0.05, 0.1) is 15.7 Å². The molecule has 94 valence electrons. The molecule has 0 saturated heterocycles. The zero-order valence-electron chi connectivity index (χ0n) is 9.18. The minimum Gasteiger partial charge on any atom is -0.379 e. The lowest BCUT2D eigenvalue weighted by Crippen LogP contribution is -2.00. The van der Waals surface area contributed by atoms with Crippen molar-refractivity contribution >= 4 is 56.4 Å². The van der Waals surface area contributed by atoms with Gasteiger partial charge in [0.2, 0.25) is 0 Å². The molecule has 0 aliphatic carbocycles. The molecular formula is C13H9BrCl3N. The van der Waals surface area contributed by atoms with Crippen LogP contribution in [0.5, 0.6) is 0 Å². The highest BCUT2D eigenvalue weighted by Crippen LogP contribution is 2.34. The Hall–Kier alpha value is -0.410. The van der Waals surface area contributed by atoms with Gasteiger partial charge in [-0.3, -0.25) is 0 Å². The van der Waals surface area contributed by atoms with Crippen LogP contribution >= 0.6 is 50.7 Å². The van der Waals surface area contributed by atoms with Crippen LogP contribution in [0.3, 0.4) is 0 Å². The molecule has 2 rings (SSSR count). The zero-order chi connectivity index (χ0) is 13.1. The Kier molecular flexibility index (Phi) is 4.79. The molecule has 1 N–H and O–H groups in total. The number of benzene rings is 2. The van der Waals surface area contributed by atoms with E-state index in [1.165, 1.54) is 0 Å². The van der Waals surface area contributed by atoms with Crippen molar-refractivity contribution in [2.24, 2.45) is 0 Å². The molecule has 0 saturated carbocycles. The van der Waals surface area contributed by atoms with Gasteiger partial charge in [0, 0.05) is 16.0 Å². The van der Waals surface area contributed by atoms with E-state index in [0.29, 0.717) is 21.6 Å². The molecular weight excluding hydrogens is 356 g/mol. The zero-order valence-corrected chi connectivity index (χ0v) is 13.0. The van der Waals surface area contributed by atoms with Crippen LogP contribution in [0.15, 0.2) is 40.9 Å². The number of halogens is 4. The van der Waals surface area contributed by atoms with Crippen LogP contribution in [0.1, 0.15) is 5.56 Å². The molecule has 0 atom stereocenters. The second kappa shape index (κ2) is 6.16. The third-order valence-corrected chi connectivity index (χ3v) is 3.65. The summed E-state index contributed by atoms with van der Waals surface area (Å²) in [5, 5.41) is 5.08. The Morgan fingerprint density at radius 1 is 1.00 bits per heavy atom. The maximum Gasteiger partial charge on any atom is 0.0722 e. The Labute approximate surface area is 129 Å². The first kappa shape index (κ1) is 14.0. The molecule has 1 nitrogen and oxygen atoms in total. The van der Waals surface area contributed by atoms with Crippen LogP contribution in [-0.4, -0.2) is 0 Å². The van der Waals surface area contributed by atoms with Gasteiger partial charge in [-0.05, 0) is 29.8 Å². The summed E-state index contributed by atoms with van der Waals surface area (Å²) in [4.78, 5) is 0. The molecule has 5 heteroatoms. The molecule has 0 spiro atoms. The van der Waals surface area contributed by atoms with Crippen LogP contribution < -0.4 is 5.32 Å². The second-order valence-electron chi connectivity index (χ2n) is 3.73. The summed E-state index contributed by atoms with van der Waals surface area (Å²) in [5.41, 5.74) is 1.79. The molecule has 0 fully saturated rings. The molecule has 18 heavy (non-hydrogen) atoms. The minimum absolute atomic E-state index is 0.580. The normalized spacial score (nSPS) is 10.4. The molecule has 0 radical (unpaired) electrons. The van der Waals surface area contributed by atoms with Crippen LogP contribution in [0.25, 0.3) is 0 Å². The number of hydrogen-bond acceptors (Lipinski definition) is 1. The van der Waals surface area contributed by atoms with Gasteiger partial charge in [-0.1, -0.05) is 62.9 Å². The van der Waals surface area contributed by atoms with Crippen LogP contribution in [-0.2, 0) is 6.54 Å². The van der Waals surface area contributed by atoms with E-state index in [1.54, 1.807) is 12.1 Å². The second-order valence-corrected chi connectivity index (χ2v) is 5.89. The van der Waals surface area contributed by atoms with E-state index >= 15 is 0 Å². The fourth-order valence-electron chi connectivity index (χ4n) is 1.55. The van der Waals surface area contributed by atoms with E-state index in [1.807, 2.05) is 24.3 Å². The lowest BCUT2D eigenvalue weighted by atomic mass is 10.2. The lowest BCUT2D eigenvalue weighted by Gasteiger charge is -2.11. The summed E-state index contributed by atoms with van der Waals surface area (Å²) in [6, 6.07) is 11.2. The SMILES string of the molecule is Clc1cccc(CNc2c(Cl)cc(Br)cc2Cl)c1. The van der Waals surface area contributed by atoms with Gasteiger partial charge >= 0.3 is 0 Å². The molecule has 0 aliphatic rings. The van der Waals surface area contributed by atoms with Gasteiger partial charge in [-0.15, -0.1) is 0 Å². The van der Waals surface area contributed by atoms with Crippen molar-refractivity contribution in [2.45, 2.75) is 6.54 Å². The fraction of sp³-hybridized carbons (Fsp3) is 0.0769. The smallest absolute Gasteiger partial charge is 0.0722 e. The summed E-state index contributed by atoms with van der Waals surface area (Å²) in [7, 11) is 0. The maximum atomic E-state index is 6.13. The Morgan fingerprint density at radius 2 is 1.67 bits per heavy atom. The highest BCUT2D eigenvalue weighted by atomic mass is 79.9. The monoisotopic (exact) mass is 363 g/mol. The van der Waals surface area contributed by atoms with Crippen molar-refractivity contribution in [3.05, 3.63) is 61.5 Å². The average Bonchev–Trinajstić information content (AvgIpc) is 2.27. The largest absolute Gasteiger partial charge is 0.379 e. The summed E-state index contributed by atoms with van der Waals surface area (Å²) in [5.74, 6) is 0. The molecule has 0 amide bonds. The van der Waals surface area contributed by atoms with E-state index in [9.17, 15) is 0 Å².